The SMILES string of the molecule is O=C(O)c1ccc(NS(=O)(=O)O)cc1.[H-].[Na+]. The molecular formula is C7H8NNaO5S. The summed E-state index contributed by atoms with van der Waals surface area (Å²) in [5.41, 5.74) is 0.128. The van der Waals surface area contributed by atoms with Gasteiger partial charge in [-0.25, -0.2) is 4.79 Å². The van der Waals surface area contributed by atoms with E-state index in [1.54, 1.807) is 4.72 Å². The van der Waals surface area contributed by atoms with E-state index in [0.717, 1.165) is 0 Å². The Morgan fingerprint density at radius 3 is 2.07 bits per heavy atom. The van der Waals surface area contributed by atoms with Crippen LogP contribution in [0.1, 0.15) is 11.8 Å². The summed E-state index contributed by atoms with van der Waals surface area (Å²) in [6.07, 6.45) is 0. The van der Waals surface area contributed by atoms with E-state index in [0.29, 0.717) is 0 Å². The van der Waals surface area contributed by atoms with Gasteiger partial charge in [0.15, 0.2) is 0 Å². The van der Waals surface area contributed by atoms with Crippen molar-refractivity contribution in [3.8, 4) is 0 Å². The van der Waals surface area contributed by atoms with E-state index in [4.69, 9.17) is 9.66 Å². The van der Waals surface area contributed by atoms with Crippen LogP contribution in [-0.4, -0.2) is 24.0 Å². The van der Waals surface area contributed by atoms with E-state index in [-0.39, 0.29) is 42.2 Å². The minimum absolute atomic E-state index is 0. The molecule has 3 N–H and O–H groups in total. The molecule has 0 spiro atoms. The molecule has 0 bridgehead atoms. The van der Waals surface area contributed by atoms with E-state index in [1.165, 1.54) is 24.3 Å². The fraction of sp³-hybridized carbons (Fsp3) is 0. The maximum absolute atomic E-state index is 10.4. The zero-order valence-corrected chi connectivity index (χ0v) is 10.7. The normalized spacial score (nSPS) is 10.2. The summed E-state index contributed by atoms with van der Waals surface area (Å²) < 4.78 is 30.9. The molecule has 0 aromatic heterocycles. The molecular weight excluding hydrogens is 233 g/mol. The first-order valence-corrected chi connectivity index (χ1v) is 4.91. The number of carboxylic acid groups (broad SMARTS) is 1. The Bertz CT molecular complexity index is 446. The first kappa shape index (κ1) is 14.4. The number of nitrogens with one attached hydrogen (secondary N) is 1. The van der Waals surface area contributed by atoms with Crippen molar-refractivity contribution in [1.82, 2.24) is 0 Å². The van der Waals surface area contributed by atoms with Crippen LogP contribution in [0.3, 0.4) is 0 Å². The number of hydrogen-bond acceptors (Lipinski definition) is 3. The van der Waals surface area contributed by atoms with Crippen LogP contribution >= 0.6 is 0 Å². The number of hydrogen-bond donors (Lipinski definition) is 3. The van der Waals surface area contributed by atoms with Gasteiger partial charge in [0.05, 0.1) is 11.3 Å². The van der Waals surface area contributed by atoms with Crippen molar-refractivity contribution in [2.45, 2.75) is 0 Å². The average Bonchev–Trinajstić information content (AvgIpc) is 2.02. The summed E-state index contributed by atoms with van der Waals surface area (Å²) in [4.78, 5) is 10.4. The fourth-order valence-corrected chi connectivity index (χ4v) is 1.26. The maximum Gasteiger partial charge on any atom is 1.00 e. The molecule has 0 aliphatic heterocycles. The Balaban J connectivity index is 0. The Morgan fingerprint density at radius 1 is 1.27 bits per heavy atom. The van der Waals surface area contributed by atoms with Crippen molar-refractivity contribution in [1.29, 1.82) is 0 Å². The van der Waals surface area contributed by atoms with Crippen LogP contribution in [0.4, 0.5) is 5.69 Å². The van der Waals surface area contributed by atoms with Gasteiger partial charge in [-0.05, 0) is 24.3 Å². The van der Waals surface area contributed by atoms with Gasteiger partial charge in [0.25, 0.3) is 0 Å². The number of aromatic carboxylic acids is 1. The maximum atomic E-state index is 10.4. The molecule has 0 radical (unpaired) electrons. The van der Waals surface area contributed by atoms with Crippen LogP contribution in [0.5, 0.6) is 0 Å². The van der Waals surface area contributed by atoms with Crippen molar-refractivity contribution in [3.63, 3.8) is 0 Å². The number of carbonyl (C=O) groups is 1. The van der Waals surface area contributed by atoms with Crippen LogP contribution in [0.25, 0.3) is 0 Å². The van der Waals surface area contributed by atoms with Crippen molar-refractivity contribution < 1.29 is 53.9 Å². The Hall–Kier alpha value is -0.600. The first-order valence-electron chi connectivity index (χ1n) is 3.47. The average molecular weight is 241 g/mol. The summed E-state index contributed by atoms with van der Waals surface area (Å²) >= 11 is 0. The Morgan fingerprint density at radius 2 is 1.73 bits per heavy atom. The van der Waals surface area contributed by atoms with E-state index in [2.05, 4.69) is 0 Å². The molecule has 6 nitrogen and oxygen atoms in total. The molecule has 8 heteroatoms. The topological polar surface area (TPSA) is 104 Å². The predicted octanol–water partition coefficient (Wildman–Crippen LogP) is -2.28. The van der Waals surface area contributed by atoms with Crippen LogP contribution in [0.15, 0.2) is 24.3 Å². The molecule has 1 aromatic carbocycles. The molecule has 0 heterocycles. The van der Waals surface area contributed by atoms with Gasteiger partial charge in [-0.15, -0.1) is 0 Å². The fourth-order valence-electron chi connectivity index (χ4n) is 0.830. The molecule has 78 valence electrons. The summed E-state index contributed by atoms with van der Waals surface area (Å²) in [6.45, 7) is 0. The molecule has 0 amide bonds. The molecule has 0 saturated carbocycles. The predicted molar refractivity (Wildman–Crippen MR) is 49.7 cm³/mol. The van der Waals surface area contributed by atoms with Gasteiger partial charge >= 0.3 is 45.8 Å². The second-order valence-corrected chi connectivity index (χ2v) is 3.61. The van der Waals surface area contributed by atoms with Crippen molar-refractivity contribution in [2.75, 3.05) is 4.72 Å². The van der Waals surface area contributed by atoms with Crippen LogP contribution < -0.4 is 34.3 Å². The van der Waals surface area contributed by atoms with Gasteiger partial charge in [0, 0.05) is 0 Å². The monoisotopic (exact) mass is 241 g/mol. The molecule has 0 unspecified atom stereocenters. The van der Waals surface area contributed by atoms with E-state index in [1.807, 2.05) is 0 Å². The minimum atomic E-state index is -4.31. The third kappa shape index (κ3) is 5.14. The van der Waals surface area contributed by atoms with E-state index in [9.17, 15) is 13.2 Å². The molecule has 0 aliphatic rings. The summed E-state index contributed by atoms with van der Waals surface area (Å²) in [5.74, 6) is -1.11. The molecule has 0 atom stereocenters. The third-order valence-electron chi connectivity index (χ3n) is 1.38. The summed E-state index contributed by atoms with van der Waals surface area (Å²) in [5, 5.41) is 8.52. The minimum Gasteiger partial charge on any atom is -1.00 e. The van der Waals surface area contributed by atoms with E-state index >= 15 is 0 Å². The van der Waals surface area contributed by atoms with Gasteiger partial charge in [-0.1, -0.05) is 0 Å². The smallest absolute Gasteiger partial charge is 1.00 e. The number of carboxylic acids is 1. The largest absolute Gasteiger partial charge is 1.00 e. The third-order valence-corrected chi connectivity index (χ3v) is 1.87. The number of anilines is 1. The summed E-state index contributed by atoms with van der Waals surface area (Å²) in [6, 6.07) is 4.90. The van der Waals surface area contributed by atoms with Crippen molar-refractivity contribution >= 4 is 22.0 Å². The summed E-state index contributed by atoms with van der Waals surface area (Å²) in [7, 11) is -4.31. The molecule has 15 heavy (non-hydrogen) atoms. The van der Waals surface area contributed by atoms with Crippen molar-refractivity contribution in [3.05, 3.63) is 29.8 Å². The number of benzene rings is 1. The standard InChI is InChI=1S/C7H7NO5S.Na.H/c9-7(10)5-1-3-6(4-2-5)8-14(11,12)13;;/h1-4,8H,(H,9,10)(H,11,12,13);;/q;+1;-1. The van der Waals surface area contributed by atoms with Crippen molar-refractivity contribution in [2.24, 2.45) is 0 Å². The van der Waals surface area contributed by atoms with Gasteiger partial charge in [0.2, 0.25) is 0 Å². The van der Waals surface area contributed by atoms with Crippen LogP contribution in [0.2, 0.25) is 0 Å². The van der Waals surface area contributed by atoms with Gasteiger partial charge < -0.3 is 6.53 Å². The second-order valence-electron chi connectivity index (χ2n) is 2.46. The van der Waals surface area contributed by atoms with Gasteiger partial charge in [0.1, 0.15) is 0 Å². The first-order chi connectivity index (χ1) is 6.38. The van der Waals surface area contributed by atoms with Gasteiger partial charge in [-0.2, -0.15) is 8.42 Å². The second kappa shape index (κ2) is 5.47. The van der Waals surface area contributed by atoms with E-state index < -0.39 is 16.3 Å². The zero-order valence-electron chi connectivity index (χ0n) is 8.84. The van der Waals surface area contributed by atoms with Crippen LogP contribution in [-0.2, 0) is 10.3 Å². The quantitative estimate of drug-likeness (QED) is 0.408. The molecule has 0 fully saturated rings. The van der Waals surface area contributed by atoms with Crippen LogP contribution in [0, 0.1) is 0 Å². The Kier molecular flexibility index (Phi) is 5.26. The molecule has 1 aromatic rings. The molecule has 0 saturated heterocycles. The molecule has 0 aliphatic carbocycles. The van der Waals surface area contributed by atoms with Gasteiger partial charge in [-0.3, -0.25) is 9.27 Å². The zero-order chi connectivity index (χ0) is 10.8. The molecule has 1 rings (SSSR count). The Labute approximate surface area is 110 Å². The number of rotatable bonds is 3.